The largest absolute Gasteiger partial charge is 0.497 e. The first kappa shape index (κ1) is 17.8. The summed E-state index contributed by atoms with van der Waals surface area (Å²) in [7, 11) is -1.42. The van der Waals surface area contributed by atoms with Gasteiger partial charge in [-0.05, 0) is 36.8 Å². The van der Waals surface area contributed by atoms with Gasteiger partial charge in [0.25, 0.3) is 0 Å². The molecule has 8 heteroatoms. The fraction of sp³-hybridized carbons (Fsp3) is 0.167. The molecule has 2 aromatic carbocycles. The van der Waals surface area contributed by atoms with Crippen molar-refractivity contribution in [2.24, 2.45) is 0 Å². The zero-order valence-electron chi connectivity index (χ0n) is 14.3. The third-order valence-electron chi connectivity index (χ3n) is 3.77. The Morgan fingerprint density at radius 3 is 2.35 bits per heavy atom. The second-order valence-corrected chi connectivity index (χ2v) is 6.98. The Balaban J connectivity index is 2.05. The molecule has 0 bridgehead atoms. The quantitative estimate of drug-likeness (QED) is 0.499. The molecular formula is C18H16O7S. The zero-order chi connectivity index (χ0) is 18.9. The number of hydrogen-bond acceptors (Lipinski definition) is 7. The molecule has 0 saturated carbocycles. The van der Waals surface area contributed by atoms with Crippen molar-refractivity contribution < 1.29 is 26.5 Å². The van der Waals surface area contributed by atoms with Gasteiger partial charge in [0.1, 0.15) is 22.8 Å². The van der Waals surface area contributed by atoms with E-state index in [4.69, 9.17) is 18.1 Å². The van der Waals surface area contributed by atoms with Gasteiger partial charge in [0, 0.05) is 23.6 Å². The standard InChI is InChI=1S/C18H16O7S/c1-11-8-18(19)24-16-9-13(4-6-14(11)16)25-26(20,21)17-10-12(22-2)5-7-15(17)23-3/h4-10H,1-3H3. The third-order valence-corrected chi connectivity index (χ3v) is 5.04. The topological polar surface area (TPSA) is 92.0 Å². The van der Waals surface area contributed by atoms with E-state index in [2.05, 4.69) is 0 Å². The van der Waals surface area contributed by atoms with Crippen molar-refractivity contribution in [3.8, 4) is 17.2 Å². The fourth-order valence-corrected chi connectivity index (χ4v) is 3.61. The molecule has 3 rings (SSSR count). The van der Waals surface area contributed by atoms with E-state index in [1.165, 1.54) is 44.6 Å². The molecule has 0 unspecified atom stereocenters. The van der Waals surface area contributed by atoms with Gasteiger partial charge in [0.05, 0.1) is 14.2 Å². The van der Waals surface area contributed by atoms with Gasteiger partial charge in [-0.3, -0.25) is 0 Å². The Bertz CT molecular complexity index is 1130. The lowest BCUT2D eigenvalue weighted by Gasteiger charge is -2.12. The number of benzene rings is 2. The van der Waals surface area contributed by atoms with Gasteiger partial charge in [-0.2, -0.15) is 8.42 Å². The number of ether oxygens (including phenoxy) is 2. The molecule has 0 saturated heterocycles. The predicted molar refractivity (Wildman–Crippen MR) is 94.6 cm³/mol. The summed E-state index contributed by atoms with van der Waals surface area (Å²) in [6.45, 7) is 1.76. The maximum Gasteiger partial charge on any atom is 0.343 e. The van der Waals surface area contributed by atoms with Crippen LogP contribution in [0.3, 0.4) is 0 Å². The van der Waals surface area contributed by atoms with Crippen LogP contribution in [-0.4, -0.2) is 22.6 Å². The van der Waals surface area contributed by atoms with Gasteiger partial charge >= 0.3 is 15.7 Å². The maximum atomic E-state index is 12.7. The monoisotopic (exact) mass is 376 g/mol. The molecule has 0 spiro atoms. The molecule has 1 heterocycles. The van der Waals surface area contributed by atoms with Crippen LogP contribution in [0.1, 0.15) is 5.56 Å². The van der Waals surface area contributed by atoms with Crippen LogP contribution in [0.4, 0.5) is 0 Å². The smallest absolute Gasteiger partial charge is 0.343 e. The number of hydrogen-bond donors (Lipinski definition) is 0. The van der Waals surface area contributed by atoms with E-state index >= 15 is 0 Å². The van der Waals surface area contributed by atoms with Gasteiger partial charge in [-0.15, -0.1) is 0 Å². The number of aryl methyl sites for hydroxylation is 1. The van der Waals surface area contributed by atoms with Crippen LogP contribution >= 0.6 is 0 Å². The summed E-state index contributed by atoms with van der Waals surface area (Å²) in [6, 6.07) is 10.2. The fourth-order valence-electron chi connectivity index (χ4n) is 2.51. The lowest BCUT2D eigenvalue weighted by molar-refractivity contribution is 0.388. The minimum absolute atomic E-state index is 0.0103. The summed E-state index contributed by atoms with van der Waals surface area (Å²) in [5.74, 6) is 0.471. The van der Waals surface area contributed by atoms with Crippen molar-refractivity contribution in [2.45, 2.75) is 11.8 Å². The Kier molecular flexibility index (Phi) is 4.60. The minimum Gasteiger partial charge on any atom is -0.497 e. The van der Waals surface area contributed by atoms with E-state index in [0.29, 0.717) is 11.1 Å². The van der Waals surface area contributed by atoms with Crippen LogP contribution < -0.4 is 19.3 Å². The second kappa shape index (κ2) is 6.72. The Morgan fingerprint density at radius 1 is 0.923 bits per heavy atom. The van der Waals surface area contributed by atoms with Crippen molar-refractivity contribution in [1.82, 2.24) is 0 Å². The summed E-state index contributed by atoms with van der Waals surface area (Å²) in [6.07, 6.45) is 0. The molecule has 0 N–H and O–H groups in total. The van der Waals surface area contributed by atoms with Crippen molar-refractivity contribution in [3.63, 3.8) is 0 Å². The van der Waals surface area contributed by atoms with Gasteiger partial charge in [-0.25, -0.2) is 4.79 Å². The normalized spacial score (nSPS) is 11.3. The summed E-state index contributed by atoms with van der Waals surface area (Å²) >= 11 is 0. The van der Waals surface area contributed by atoms with Crippen molar-refractivity contribution in [1.29, 1.82) is 0 Å². The highest BCUT2D eigenvalue weighted by molar-refractivity contribution is 7.87. The lowest BCUT2D eigenvalue weighted by atomic mass is 10.1. The van der Waals surface area contributed by atoms with E-state index in [0.717, 1.165) is 5.56 Å². The van der Waals surface area contributed by atoms with E-state index in [1.54, 1.807) is 19.1 Å². The van der Waals surface area contributed by atoms with Crippen LogP contribution in [0.15, 0.2) is 56.6 Å². The SMILES string of the molecule is COc1ccc(OC)c(S(=O)(=O)Oc2ccc3c(C)cc(=O)oc3c2)c1. The average molecular weight is 376 g/mol. The van der Waals surface area contributed by atoms with Gasteiger partial charge in [0.2, 0.25) is 0 Å². The van der Waals surface area contributed by atoms with Crippen LogP contribution in [-0.2, 0) is 10.1 Å². The van der Waals surface area contributed by atoms with Crippen LogP contribution in [0, 0.1) is 6.92 Å². The van der Waals surface area contributed by atoms with Crippen molar-refractivity contribution >= 4 is 21.1 Å². The molecule has 0 aliphatic carbocycles. The van der Waals surface area contributed by atoms with E-state index in [-0.39, 0.29) is 22.0 Å². The van der Waals surface area contributed by atoms with Crippen LogP contribution in [0.25, 0.3) is 11.0 Å². The molecule has 26 heavy (non-hydrogen) atoms. The summed E-state index contributed by atoms with van der Waals surface area (Å²) in [5.41, 5.74) is 0.435. The molecule has 0 aliphatic rings. The number of fused-ring (bicyclic) bond motifs is 1. The average Bonchev–Trinajstić information content (AvgIpc) is 2.60. The van der Waals surface area contributed by atoms with Gasteiger partial charge in [-0.1, -0.05) is 0 Å². The first-order valence-electron chi connectivity index (χ1n) is 7.55. The van der Waals surface area contributed by atoms with Crippen LogP contribution in [0.2, 0.25) is 0 Å². The lowest BCUT2D eigenvalue weighted by Crippen LogP contribution is -2.11. The Labute approximate surface area is 149 Å². The minimum atomic E-state index is -4.20. The summed E-state index contributed by atoms with van der Waals surface area (Å²) < 4.78 is 45.8. The highest BCUT2D eigenvalue weighted by atomic mass is 32.2. The van der Waals surface area contributed by atoms with Crippen molar-refractivity contribution in [3.05, 3.63) is 58.4 Å². The third kappa shape index (κ3) is 3.36. The molecule has 7 nitrogen and oxygen atoms in total. The summed E-state index contributed by atoms with van der Waals surface area (Å²) in [4.78, 5) is 11.3. The highest BCUT2D eigenvalue weighted by Gasteiger charge is 2.23. The molecule has 0 aliphatic heterocycles. The first-order valence-corrected chi connectivity index (χ1v) is 8.96. The first-order chi connectivity index (χ1) is 12.3. The molecule has 0 atom stereocenters. The predicted octanol–water partition coefficient (Wildman–Crippen LogP) is 2.89. The molecule has 1 aromatic heterocycles. The highest BCUT2D eigenvalue weighted by Crippen LogP contribution is 2.31. The van der Waals surface area contributed by atoms with Crippen LogP contribution in [0.5, 0.6) is 17.2 Å². The molecular weight excluding hydrogens is 360 g/mol. The van der Waals surface area contributed by atoms with E-state index in [1.807, 2.05) is 0 Å². The number of rotatable bonds is 5. The molecule has 0 radical (unpaired) electrons. The molecule has 0 fully saturated rings. The summed E-state index contributed by atoms with van der Waals surface area (Å²) in [5, 5.41) is 0.688. The molecule has 0 amide bonds. The Hall–Kier alpha value is -3.00. The number of methoxy groups -OCH3 is 2. The van der Waals surface area contributed by atoms with E-state index < -0.39 is 15.7 Å². The Morgan fingerprint density at radius 2 is 1.65 bits per heavy atom. The molecule has 136 valence electrons. The van der Waals surface area contributed by atoms with Gasteiger partial charge < -0.3 is 18.1 Å². The van der Waals surface area contributed by atoms with Crippen molar-refractivity contribution in [2.75, 3.05) is 14.2 Å². The zero-order valence-corrected chi connectivity index (χ0v) is 15.1. The molecule has 3 aromatic rings. The maximum absolute atomic E-state index is 12.7. The van der Waals surface area contributed by atoms with E-state index in [9.17, 15) is 13.2 Å². The van der Waals surface area contributed by atoms with Gasteiger partial charge in [0.15, 0.2) is 4.90 Å². The second-order valence-electron chi connectivity index (χ2n) is 5.46.